The number of aliphatic hydroxyl groups excluding tert-OH is 1. The van der Waals surface area contributed by atoms with Crippen molar-refractivity contribution in [1.29, 1.82) is 0 Å². The first kappa shape index (κ1) is 14.7. The smallest absolute Gasteiger partial charge is 0.268 e. The summed E-state index contributed by atoms with van der Waals surface area (Å²) in [4.78, 5) is 12.2. The molecular weight excluding hydrogens is 280 g/mol. The molecule has 116 valence electrons. The zero-order valence-electron chi connectivity index (χ0n) is 12.5. The van der Waals surface area contributed by atoms with Gasteiger partial charge in [0, 0.05) is 18.8 Å². The Morgan fingerprint density at radius 2 is 2.23 bits per heavy atom. The number of carbonyl (C=O) groups excluding carboxylic acids is 1. The molecule has 1 aromatic carbocycles. The standard InChI is InChI=1S/C17H20N2O3/c1-22-14-5-2-4-12(10-14)16(20)11-18-17(21)15-6-3-9-19(15)13-7-8-13/h2-6,9-10,13,16,20H,7-8,11H2,1H3,(H,18,21). The first-order valence-corrected chi connectivity index (χ1v) is 7.46. The van der Waals surface area contributed by atoms with Crippen LogP contribution >= 0.6 is 0 Å². The third-order valence-corrected chi connectivity index (χ3v) is 3.89. The number of hydrogen-bond acceptors (Lipinski definition) is 3. The molecule has 0 saturated heterocycles. The third-order valence-electron chi connectivity index (χ3n) is 3.89. The van der Waals surface area contributed by atoms with Gasteiger partial charge in [-0.15, -0.1) is 0 Å². The Bertz CT molecular complexity index is 661. The van der Waals surface area contributed by atoms with Crippen LogP contribution in [0.5, 0.6) is 5.75 Å². The SMILES string of the molecule is COc1cccc(C(O)CNC(=O)c2cccn2C2CC2)c1. The molecule has 0 bridgehead atoms. The first-order chi connectivity index (χ1) is 10.7. The van der Waals surface area contributed by atoms with Crippen LogP contribution in [0.2, 0.25) is 0 Å². The molecule has 1 atom stereocenters. The number of ether oxygens (including phenoxy) is 1. The minimum absolute atomic E-state index is 0.154. The normalized spacial score (nSPS) is 15.4. The number of methoxy groups -OCH3 is 1. The Hall–Kier alpha value is -2.27. The molecule has 3 rings (SSSR count). The highest BCUT2D eigenvalue weighted by atomic mass is 16.5. The van der Waals surface area contributed by atoms with Crippen molar-refractivity contribution < 1.29 is 14.6 Å². The van der Waals surface area contributed by atoms with Crippen molar-refractivity contribution in [3.63, 3.8) is 0 Å². The van der Waals surface area contributed by atoms with Gasteiger partial charge in [0.15, 0.2) is 0 Å². The van der Waals surface area contributed by atoms with Crippen LogP contribution in [0, 0.1) is 0 Å². The van der Waals surface area contributed by atoms with E-state index in [1.807, 2.05) is 41.1 Å². The fourth-order valence-electron chi connectivity index (χ4n) is 2.50. The number of carbonyl (C=O) groups is 1. The summed E-state index contributed by atoms with van der Waals surface area (Å²) in [5, 5.41) is 13.0. The summed E-state index contributed by atoms with van der Waals surface area (Å²) in [6.07, 6.45) is 3.43. The summed E-state index contributed by atoms with van der Waals surface area (Å²) in [6.45, 7) is 0.168. The lowest BCUT2D eigenvalue weighted by atomic mass is 10.1. The monoisotopic (exact) mass is 300 g/mol. The molecule has 2 aromatic rings. The second-order valence-electron chi connectivity index (χ2n) is 5.53. The van der Waals surface area contributed by atoms with Crippen molar-refractivity contribution >= 4 is 5.91 Å². The highest BCUT2D eigenvalue weighted by molar-refractivity contribution is 5.92. The van der Waals surface area contributed by atoms with Gasteiger partial charge in [-0.1, -0.05) is 12.1 Å². The van der Waals surface area contributed by atoms with Gasteiger partial charge in [0.1, 0.15) is 11.4 Å². The fraction of sp³-hybridized carbons (Fsp3) is 0.353. The Labute approximate surface area is 129 Å². The second-order valence-corrected chi connectivity index (χ2v) is 5.53. The number of rotatable bonds is 6. The van der Waals surface area contributed by atoms with Crippen molar-refractivity contribution in [1.82, 2.24) is 9.88 Å². The predicted octanol–water partition coefficient (Wildman–Crippen LogP) is 2.29. The van der Waals surface area contributed by atoms with Gasteiger partial charge < -0.3 is 19.7 Å². The fourth-order valence-corrected chi connectivity index (χ4v) is 2.50. The highest BCUT2D eigenvalue weighted by Gasteiger charge is 2.26. The maximum absolute atomic E-state index is 12.2. The van der Waals surface area contributed by atoms with Gasteiger partial charge in [-0.3, -0.25) is 4.79 Å². The van der Waals surface area contributed by atoms with Gasteiger partial charge >= 0.3 is 0 Å². The number of benzene rings is 1. The minimum Gasteiger partial charge on any atom is -0.497 e. The van der Waals surface area contributed by atoms with Crippen molar-refractivity contribution in [2.45, 2.75) is 25.0 Å². The van der Waals surface area contributed by atoms with E-state index in [-0.39, 0.29) is 12.5 Å². The van der Waals surface area contributed by atoms with E-state index in [4.69, 9.17) is 4.74 Å². The molecule has 1 amide bonds. The number of nitrogens with one attached hydrogen (secondary N) is 1. The van der Waals surface area contributed by atoms with Gasteiger partial charge in [-0.05, 0) is 42.7 Å². The molecule has 1 unspecified atom stereocenters. The second kappa shape index (κ2) is 6.23. The summed E-state index contributed by atoms with van der Waals surface area (Å²) in [6, 6.07) is 11.4. The Morgan fingerprint density at radius 1 is 1.41 bits per heavy atom. The molecule has 1 saturated carbocycles. The van der Waals surface area contributed by atoms with E-state index in [2.05, 4.69) is 5.32 Å². The third kappa shape index (κ3) is 3.14. The van der Waals surface area contributed by atoms with Crippen LogP contribution in [-0.2, 0) is 0 Å². The maximum Gasteiger partial charge on any atom is 0.268 e. The largest absolute Gasteiger partial charge is 0.497 e. The summed E-state index contributed by atoms with van der Waals surface area (Å²) in [7, 11) is 1.58. The molecule has 1 aliphatic rings. The lowest BCUT2D eigenvalue weighted by Gasteiger charge is -2.14. The van der Waals surface area contributed by atoms with Crippen molar-refractivity contribution in [3.8, 4) is 5.75 Å². The topological polar surface area (TPSA) is 63.5 Å². The van der Waals surface area contributed by atoms with Crippen LogP contribution in [0.15, 0.2) is 42.6 Å². The van der Waals surface area contributed by atoms with Gasteiger partial charge in [0.25, 0.3) is 5.91 Å². The van der Waals surface area contributed by atoms with Crippen molar-refractivity contribution in [3.05, 3.63) is 53.9 Å². The summed E-state index contributed by atoms with van der Waals surface area (Å²) in [5.74, 6) is 0.532. The molecule has 5 heteroatoms. The van der Waals surface area contributed by atoms with E-state index >= 15 is 0 Å². The minimum atomic E-state index is -0.761. The van der Waals surface area contributed by atoms with Gasteiger partial charge in [0.2, 0.25) is 0 Å². The average Bonchev–Trinajstić information content (AvgIpc) is 3.29. The van der Waals surface area contributed by atoms with E-state index in [1.54, 1.807) is 13.2 Å². The Morgan fingerprint density at radius 3 is 2.95 bits per heavy atom. The van der Waals surface area contributed by atoms with E-state index in [0.717, 1.165) is 18.4 Å². The molecule has 2 N–H and O–H groups in total. The van der Waals surface area contributed by atoms with Gasteiger partial charge in [-0.25, -0.2) is 0 Å². The predicted molar refractivity (Wildman–Crippen MR) is 83.0 cm³/mol. The summed E-state index contributed by atoms with van der Waals surface area (Å²) < 4.78 is 7.14. The van der Waals surface area contributed by atoms with Crippen LogP contribution in [0.1, 0.15) is 41.0 Å². The number of aliphatic hydroxyl groups is 1. The van der Waals surface area contributed by atoms with Crippen LogP contribution in [-0.4, -0.2) is 29.2 Å². The molecule has 1 heterocycles. The van der Waals surface area contributed by atoms with Crippen LogP contribution in [0.4, 0.5) is 0 Å². The van der Waals surface area contributed by atoms with E-state index < -0.39 is 6.10 Å². The summed E-state index contributed by atoms with van der Waals surface area (Å²) >= 11 is 0. The van der Waals surface area contributed by atoms with Crippen molar-refractivity contribution in [2.75, 3.05) is 13.7 Å². The number of aromatic nitrogens is 1. The molecule has 0 spiro atoms. The average molecular weight is 300 g/mol. The lowest BCUT2D eigenvalue weighted by Crippen LogP contribution is -2.30. The quantitative estimate of drug-likeness (QED) is 0.860. The molecule has 1 aliphatic carbocycles. The van der Waals surface area contributed by atoms with E-state index in [9.17, 15) is 9.90 Å². The van der Waals surface area contributed by atoms with E-state index in [0.29, 0.717) is 17.5 Å². The lowest BCUT2D eigenvalue weighted by molar-refractivity contribution is 0.0907. The van der Waals surface area contributed by atoms with Crippen LogP contribution in [0.3, 0.4) is 0 Å². The number of amides is 1. The molecule has 0 radical (unpaired) electrons. The molecule has 0 aliphatic heterocycles. The molecular formula is C17H20N2O3. The maximum atomic E-state index is 12.2. The molecule has 5 nitrogen and oxygen atoms in total. The van der Waals surface area contributed by atoms with E-state index in [1.165, 1.54) is 0 Å². The Balaban J connectivity index is 1.61. The van der Waals surface area contributed by atoms with Crippen LogP contribution < -0.4 is 10.1 Å². The zero-order chi connectivity index (χ0) is 15.5. The van der Waals surface area contributed by atoms with Gasteiger partial charge in [0.05, 0.1) is 13.2 Å². The molecule has 22 heavy (non-hydrogen) atoms. The number of nitrogens with zero attached hydrogens (tertiary/aromatic N) is 1. The summed E-state index contributed by atoms with van der Waals surface area (Å²) in [5.41, 5.74) is 1.37. The number of hydrogen-bond donors (Lipinski definition) is 2. The van der Waals surface area contributed by atoms with Crippen LogP contribution in [0.25, 0.3) is 0 Å². The molecule has 1 aromatic heterocycles. The first-order valence-electron chi connectivity index (χ1n) is 7.46. The van der Waals surface area contributed by atoms with Gasteiger partial charge in [-0.2, -0.15) is 0 Å². The van der Waals surface area contributed by atoms with Crippen molar-refractivity contribution in [2.24, 2.45) is 0 Å². The molecule has 1 fully saturated rings. The Kier molecular flexibility index (Phi) is 4.15. The zero-order valence-corrected chi connectivity index (χ0v) is 12.5. The highest BCUT2D eigenvalue weighted by Crippen LogP contribution is 2.35.